The van der Waals surface area contributed by atoms with Gasteiger partial charge in [0, 0.05) is 6.07 Å². The predicted molar refractivity (Wildman–Crippen MR) is 67.4 cm³/mol. The predicted octanol–water partition coefficient (Wildman–Crippen LogP) is 1.36. The molecular formula is C12H15N3O3. The molecule has 1 heterocycles. The lowest BCUT2D eigenvalue weighted by molar-refractivity contribution is -0.143. The van der Waals surface area contributed by atoms with Gasteiger partial charge in [0.25, 0.3) is 0 Å². The first kappa shape index (κ1) is 12.2. The van der Waals surface area contributed by atoms with Crippen LogP contribution in [0.5, 0.6) is 5.75 Å². The van der Waals surface area contributed by atoms with Crippen LogP contribution >= 0.6 is 0 Å². The molecule has 6 heteroatoms. The average Bonchev–Trinajstić information content (AvgIpc) is 2.71. The summed E-state index contributed by atoms with van der Waals surface area (Å²) < 4.78 is 11.5. The number of esters is 1. The van der Waals surface area contributed by atoms with Gasteiger partial charge in [0.15, 0.2) is 0 Å². The van der Waals surface area contributed by atoms with E-state index in [9.17, 15) is 4.79 Å². The van der Waals surface area contributed by atoms with Gasteiger partial charge in [0.2, 0.25) is 5.95 Å². The van der Waals surface area contributed by atoms with Crippen molar-refractivity contribution < 1.29 is 14.3 Å². The fraction of sp³-hybridized carbons (Fsp3) is 0.333. The zero-order valence-corrected chi connectivity index (χ0v) is 10.5. The molecule has 1 aromatic heterocycles. The summed E-state index contributed by atoms with van der Waals surface area (Å²) in [5, 5.41) is 0. The Bertz CT molecular complexity index is 592. The monoisotopic (exact) mass is 249 g/mol. The lowest BCUT2D eigenvalue weighted by Crippen LogP contribution is -2.19. The molecule has 0 aliphatic carbocycles. The molecule has 2 rings (SSSR count). The van der Waals surface area contributed by atoms with Crippen molar-refractivity contribution in [1.82, 2.24) is 9.55 Å². The molecular weight excluding hydrogens is 234 g/mol. The lowest BCUT2D eigenvalue weighted by atomic mass is 10.2. The number of fused-ring (bicyclic) bond motifs is 1. The molecule has 0 radical (unpaired) electrons. The molecule has 0 saturated carbocycles. The van der Waals surface area contributed by atoms with Crippen LogP contribution in [-0.2, 0) is 9.53 Å². The Labute approximate surface area is 104 Å². The number of hydrogen-bond acceptors (Lipinski definition) is 5. The van der Waals surface area contributed by atoms with Crippen LogP contribution in [0.25, 0.3) is 11.0 Å². The number of imidazole rings is 1. The van der Waals surface area contributed by atoms with Crippen molar-refractivity contribution in [3.8, 4) is 5.75 Å². The van der Waals surface area contributed by atoms with Crippen LogP contribution in [0.4, 0.5) is 5.95 Å². The van der Waals surface area contributed by atoms with E-state index in [1.807, 2.05) is 0 Å². The number of ether oxygens (including phenoxy) is 2. The molecule has 2 aromatic rings. The molecule has 96 valence electrons. The summed E-state index contributed by atoms with van der Waals surface area (Å²) >= 11 is 0. The summed E-state index contributed by atoms with van der Waals surface area (Å²) in [5.41, 5.74) is 7.29. The van der Waals surface area contributed by atoms with E-state index in [0.29, 0.717) is 11.3 Å². The maximum Gasteiger partial charge on any atom is 0.328 e. The SMILES string of the molecule is COC(=O)C(C)n1c(N)nc2ccc(OC)cc21. The van der Waals surface area contributed by atoms with Crippen molar-refractivity contribution >= 4 is 23.0 Å². The number of nitrogens with zero attached hydrogens (tertiary/aromatic N) is 2. The third kappa shape index (κ3) is 1.85. The summed E-state index contributed by atoms with van der Waals surface area (Å²) in [6.45, 7) is 1.71. The molecule has 0 saturated heterocycles. The standard InChI is InChI=1S/C12H15N3O3/c1-7(11(16)18-3)15-10-6-8(17-2)4-5-9(10)14-12(15)13/h4-7H,1-3H3,(H2,13,14). The van der Waals surface area contributed by atoms with Crippen molar-refractivity contribution in [3.05, 3.63) is 18.2 Å². The molecule has 1 atom stereocenters. The van der Waals surface area contributed by atoms with Crippen LogP contribution in [0.3, 0.4) is 0 Å². The summed E-state index contributed by atoms with van der Waals surface area (Å²) in [6.07, 6.45) is 0. The Morgan fingerprint density at radius 2 is 2.17 bits per heavy atom. The number of anilines is 1. The minimum absolute atomic E-state index is 0.274. The first-order valence-corrected chi connectivity index (χ1v) is 5.47. The maximum absolute atomic E-state index is 11.6. The van der Waals surface area contributed by atoms with Gasteiger partial charge in [-0.3, -0.25) is 4.57 Å². The van der Waals surface area contributed by atoms with E-state index in [1.165, 1.54) is 7.11 Å². The normalized spacial score (nSPS) is 12.4. The van der Waals surface area contributed by atoms with Gasteiger partial charge in [0.05, 0.1) is 25.3 Å². The first-order valence-electron chi connectivity index (χ1n) is 5.47. The number of aromatic nitrogens is 2. The Morgan fingerprint density at radius 1 is 1.44 bits per heavy atom. The molecule has 2 N–H and O–H groups in total. The largest absolute Gasteiger partial charge is 0.497 e. The van der Waals surface area contributed by atoms with Gasteiger partial charge < -0.3 is 15.2 Å². The maximum atomic E-state index is 11.6. The van der Waals surface area contributed by atoms with E-state index in [1.54, 1.807) is 36.8 Å². The lowest BCUT2D eigenvalue weighted by Gasteiger charge is -2.13. The third-order valence-corrected chi connectivity index (χ3v) is 2.85. The van der Waals surface area contributed by atoms with Crippen LogP contribution in [-0.4, -0.2) is 29.7 Å². The summed E-state index contributed by atoms with van der Waals surface area (Å²) in [4.78, 5) is 15.8. The van der Waals surface area contributed by atoms with Crippen molar-refractivity contribution in [2.45, 2.75) is 13.0 Å². The molecule has 18 heavy (non-hydrogen) atoms. The van der Waals surface area contributed by atoms with E-state index in [4.69, 9.17) is 15.2 Å². The van der Waals surface area contributed by atoms with Crippen molar-refractivity contribution in [2.24, 2.45) is 0 Å². The molecule has 0 spiro atoms. The zero-order valence-electron chi connectivity index (χ0n) is 10.5. The fourth-order valence-corrected chi connectivity index (χ4v) is 1.90. The smallest absolute Gasteiger partial charge is 0.328 e. The Balaban J connectivity index is 2.61. The highest BCUT2D eigenvalue weighted by molar-refractivity contribution is 5.83. The van der Waals surface area contributed by atoms with Gasteiger partial charge in [-0.1, -0.05) is 0 Å². The third-order valence-electron chi connectivity index (χ3n) is 2.85. The molecule has 0 bridgehead atoms. The number of rotatable bonds is 3. The number of carbonyl (C=O) groups is 1. The molecule has 0 aliphatic rings. The van der Waals surface area contributed by atoms with E-state index < -0.39 is 6.04 Å². The number of carbonyl (C=O) groups excluding carboxylic acids is 1. The van der Waals surface area contributed by atoms with Gasteiger partial charge in [-0.15, -0.1) is 0 Å². The van der Waals surface area contributed by atoms with Crippen LogP contribution in [0.1, 0.15) is 13.0 Å². The second kappa shape index (κ2) is 4.56. The van der Waals surface area contributed by atoms with Gasteiger partial charge >= 0.3 is 5.97 Å². The Hall–Kier alpha value is -2.24. The molecule has 0 amide bonds. The topological polar surface area (TPSA) is 79.4 Å². The number of methoxy groups -OCH3 is 2. The highest BCUT2D eigenvalue weighted by atomic mass is 16.5. The molecule has 0 aliphatic heterocycles. The van der Waals surface area contributed by atoms with E-state index in [2.05, 4.69) is 4.98 Å². The molecule has 1 unspecified atom stereocenters. The quantitative estimate of drug-likeness (QED) is 0.831. The molecule has 1 aromatic carbocycles. The molecule has 0 fully saturated rings. The summed E-state index contributed by atoms with van der Waals surface area (Å²) in [5.74, 6) is 0.584. The second-order valence-corrected chi connectivity index (χ2v) is 3.89. The van der Waals surface area contributed by atoms with Crippen LogP contribution < -0.4 is 10.5 Å². The van der Waals surface area contributed by atoms with Crippen LogP contribution in [0.2, 0.25) is 0 Å². The zero-order chi connectivity index (χ0) is 13.3. The first-order chi connectivity index (χ1) is 8.58. The van der Waals surface area contributed by atoms with Crippen molar-refractivity contribution in [1.29, 1.82) is 0 Å². The van der Waals surface area contributed by atoms with E-state index in [-0.39, 0.29) is 11.9 Å². The van der Waals surface area contributed by atoms with Gasteiger partial charge in [-0.2, -0.15) is 0 Å². The van der Waals surface area contributed by atoms with Crippen molar-refractivity contribution in [3.63, 3.8) is 0 Å². The van der Waals surface area contributed by atoms with E-state index in [0.717, 1.165) is 5.52 Å². The highest BCUT2D eigenvalue weighted by Gasteiger charge is 2.21. The Morgan fingerprint density at radius 3 is 2.78 bits per heavy atom. The minimum Gasteiger partial charge on any atom is -0.497 e. The number of hydrogen-bond donors (Lipinski definition) is 1. The molecule has 6 nitrogen and oxygen atoms in total. The highest BCUT2D eigenvalue weighted by Crippen LogP contribution is 2.26. The fourth-order valence-electron chi connectivity index (χ4n) is 1.90. The minimum atomic E-state index is -0.535. The second-order valence-electron chi connectivity index (χ2n) is 3.89. The van der Waals surface area contributed by atoms with Crippen LogP contribution in [0.15, 0.2) is 18.2 Å². The Kier molecular flexibility index (Phi) is 3.10. The summed E-state index contributed by atoms with van der Waals surface area (Å²) in [7, 11) is 2.92. The number of nitrogens with two attached hydrogens (primary N) is 1. The average molecular weight is 249 g/mol. The van der Waals surface area contributed by atoms with Gasteiger partial charge in [-0.05, 0) is 19.1 Å². The van der Waals surface area contributed by atoms with E-state index >= 15 is 0 Å². The number of benzene rings is 1. The van der Waals surface area contributed by atoms with Gasteiger partial charge in [-0.25, -0.2) is 9.78 Å². The van der Waals surface area contributed by atoms with Gasteiger partial charge in [0.1, 0.15) is 11.8 Å². The summed E-state index contributed by atoms with van der Waals surface area (Å²) in [6, 6.07) is 4.84. The van der Waals surface area contributed by atoms with Crippen LogP contribution in [0, 0.1) is 0 Å². The number of nitrogen functional groups attached to an aromatic ring is 1. The van der Waals surface area contributed by atoms with Crippen molar-refractivity contribution in [2.75, 3.05) is 20.0 Å².